The van der Waals surface area contributed by atoms with Crippen LogP contribution in [0.5, 0.6) is 5.75 Å². The van der Waals surface area contributed by atoms with Crippen molar-refractivity contribution in [2.75, 3.05) is 7.11 Å². The summed E-state index contributed by atoms with van der Waals surface area (Å²) in [7, 11) is 1.68. The molecule has 0 spiro atoms. The molecule has 2 N–H and O–H groups in total. The van der Waals surface area contributed by atoms with Crippen molar-refractivity contribution >= 4 is 0 Å². The van der Waals surface area contributed by atoms with Crippen LogP contribution in [0.2, 0.25) is 0 Å². The lowest BCUT2D eigenvalue weighted by atomic mass is 9.94. The first-order valence-corrected chi connectivity index (χ1v) is 5.44. The number of methoxy groups -OCH3 is 1. The van der Waals surface area contributed by atoms with Crippen molar-refractivity contribution in [2.45, 2.75) is 33.2 Å². The molecular formula is C13H21NO. The predicted molar refractivity (Wildman–Crippen MR) is 64.1 cm³/mol. The molecule has 2 heteroatoms. The Bertz CT molecular complexity index is 320. The molecule has 84 valence electrons. The molecule has 0 fully saturated rings. The average Bonchev–Trinajstić information content (AvgIpc) is 2.16. The zero-order valence-corrected chi connectivity index (χ0v) is 10.1. The summed E-state index contributed by atoms with van der Waals surface area (Å²) < 4.78 is 5.17. The number of hydrogen-bond donors (Lipinski definition) is 1. The normalized spacial score (nSPS) is 12.9. The van der Waals surface area contributed by atoms with Gasteiger partial charge in [-0.3, -0.25) is 0 Å². The zero-order valence-electron chi connectivity index (χ0n) is 10.1. The van der Waals surface area contributed by atoms with Crippen LogP contribution in [-0.4, -0.2) is 7.11 Å². The van der Waals surface area contributed by atoms with Crippen LogP contribution in [0.4, 0.5) is 0 Å². The summed E-state index contributed by atoms with van der Waals surface area (Å²) in [5.74, 6) is 1.52. The minimum Gasteiger partial charge on any atom is -0.497 e. The minimum absolute atomic E-state index is 0.135. The van der Waals surface area contributed by atoms with Gasteiger partial charge >= 0.3 is 0 Å². The number of rotatable bonds is 4. The molecule has 0 aliphatic heterocycles. The maximum absolute atomic E-state index is 6.15. The van der Waals surface area contributed by atoms with Gasteiger partial charge in [-0.25, -0.2) is 0 Å². The fourth-order valence-corrected chi connectivity index (χ4v) is 1.83. The molecule has 0 saturated heterocycles. The Labute approximate surface area is 92.4 Å². The van der Waals surface area contributed by atoms with Crippen LogP contribution in [0.3, 0.4) is 0 Å². The molecule has 15 heavy (non-hydrogen) atoms. The second kappa shape index (κ2) is 5.17. The minimum atomic E-state index is 0.135. The van der Waals surface area contributed by atoms with Crippen molar-refractivity contribution < 1.29 is 4.74 Å². The SMILES string of the molecule is COc1ccc(C(N)CC(C)C)c(C)c1. The maximum Gasteiger partial charge on any atom is 0.119 e. The van der Waals surface area contributed by atoms with Gasteiger partial charge in [-0.2, -0.15) is 0 Å². The first-order valence-electron chi connectivity index (χ1n) is 5.44. The number of hydrogen-bond acceptors (Lipinski definition) is 2. The van der Waals surface area contributed by atoms with Crippen LogP contribution < -0.4 is 10.5 Å². The fourth-order valence-electron chi connectivity index (χ4n) is 1.83. The van der Waals surface area contributed by atoms with Crippen LogP contribution >= 0.6 is 0 Å². The highest BCUT2D eigenvalue weighted by Crippen LogP contribution is 2.25. The average molecular weight is 207 g/mol. The van der Waals surface area contributed by atoms with E-state index in [1.165, 1.54) is 11.1 Å². The number of aryl methyl sites for hydroxylation is 1. The van der Waals surface area contributed by atoms with Gasteiger partial charge in [0.2, 0.25) is 0 Å². The molecule has 0 bridgehead atoms. The highest BCUT2D eigenvalue weighted by Gasteiger charge is 2.11. The maximum atomic E-state index is 6.15. The van der Waals surface area contributed by atoms with Crippen LogP contribution in [0.15, 0.2) is 18.2 Å². The third kappa shape index (κ3) is 3.24. The zero-order chi connectivity index (χ0) is 11.4. The van der Waals surface area contributed by atoms with E-state index >= 15 is 0 Å². The molecular weight excluding hydrogens is 186 g/mol. The molecule has 1 rings (SSSR count). The Kier molecular flexibility index (Phi) is 4.15. The molecule has 0 amide bonds. The highest BCUT2D eigenvalue weighted by atomic mass is 16.5. The summed E-state index contributed by atoms with van der Waals surface area (Å²) in [4.78, 5) is 0. The number of ether oxygens (including phenoxy) is 1. The first-order chi connectivity index (χ1) is 7.04. The smallest absolute Gasteiger partial charge is 0.119 e. The van der Waals surface area contributed by atoms with Gasteiger partial charge in [0, 0.05) is 6.04 Å². The molecule has 0 radical (unpaired) electrons. The summed E-state index contributed by atoms with van der Waals surface area (Å²) in [5, 5.41) is 0. The summed E-state index contributed by atoms with van der Waals surface area (Å²) >= 11 is 0. The third-order valence-electron chi connectivity index (χ3n) is 2.60. The largest absolute Gasteiger partial charge is 0.497 e. The third-order valence-corrected chi connectivity index (χ3v) is 2.60. The number of benzene rings is 1. The second-order valence-corrected chi connectivity index (χ2v) is 4.46. The molecule has 0 saturated carbocycles. The molecule has 1 atom stereocenters. The van der Waals surface area contributed by atoms with E-state index < -0.39 is 0 Å². The number of nitrogens with two attached hydrogens (primary N) is 1. The van der Waals surface area contributed by atoms with E-state index in [0.29, 0.717) is 5.92 Å². The molecule has 0 aromatic heterocycles. The summed E-state index contributed by atoms with van der Waals surface area (Å²) in [6, 6.07) is 6.22. The van der Waals surface area contributed by atoms with E-state index in [2.05, 4.69) is 26.8 Å². The predicted octanol–water partition coefficient (Wildman–Crippen LogP) is 3.05. The Morgan fingerprint density at radius 1 is 1.33 bits per heavy atom. The Morgan fingerprint density at radius 3 is 2.47 bits per heavy atom. The van der Waals surface area contributed by atoms with E-state index in [1.807, 2.05) is 12.1 Å². The topological polar surface area (TPSA) is 35.2 Å². The van der Waals surface area contributed by atoms with Crippen LogP contribution in [-0.2, 0) is 0 Å². The summed E-state index contributed by atoms with van der Waals surface area (Å²) in [6.07, 6.45) is 1.02. The molecule has 2 nitrogen and oxygen atoms in total. The molecule has 1 aromatic carbocycles. The van der Waals surface area contributed by atoms with E-state index in [0.717, 1.165) is 12.2 Å². The van der Waals surface area contributed by atoms with Gasteiger partial charge in [0.1, 0.15) is 5.75 Å². The molecule has 0 heterocycles. The first kappa shape index (κ1) is 12.1. The Balaban J connectivity index is 2.85. The van der Waals surface area contributed by atoms with Crippen LogP contribution in [0.25, 0.3) is 0 Å². The Morgan fingerprint density at radius 2 is 2.00 bits per heavy atom. The van der Waals surface area contributed by atoms with Gasteiger partial charge < -0.3 is 10.5 Å². The molecule has 1 unspecified atom stereocenters. The second-order valence-electron chi connectivity index (χ2n) is 4.46. The van der Waals surface area contributed by atoms with E-state index in [9.17, 15) is 0 Å². The van der Waals surface area contributed by atoms with Crippen molar-refractivity contribution in [3.05, 3.63) is 29.3 Å². The molecule has 0 aliphatic rings. The lowest BCUT2D eigenvalue weighted by Crippen LogP contribution is -2.14. The molecule has 1 aromatic rings. The monoisotopic (exact) mass is 207 g/mol. The van der Waals surface area contributed by atoms with Gasteiger partial charge in [0.05, 0.1) is 7.11 Å². The summed E-state index contributed by atoms with van der Waals surface area (Å²) in [5.41, 5.74) is 8.58. The standard InChI is InChI=1S/C13H21NO/c1-9(2)7-13(14)12-6-5-11(15-4)8-10(12)3/h5-6,8-9,13H,7,14H2,1-4H3. The van der Waals surface area contributed by atoms with Gasteiger partial charge in [-0.15, -0.1) is 0 Å². The highest BCUT2D eigenvalue weighted by molar-refractivity contribution is 5.36. The molecule has 0 aliphatic carbocycles. The lowest BCUT2D eigenvalue weighted by Gasteiger charge is -2.17. The Hall–Kier alpha value is -1.02. The summed E-state index contributed by atoms with van der Waals surface area (Å²) in [6.45, 7) is 6.47. The van der Waals surface area contributed by atoms with E-state index in [-0.39, 0.29) is 6.04 Å². The fraction of sp³-hybridized carbons (Fsp3) is 0.538. The van der Waals surface area contributed by atoms with Crippen molar-refractivity contribution in [2.24, 2.45) is 11.7 Å². The van der Waals surface area contributed by atoms with E-state index in [1.54, 1.807) is 7.11 Å². The van der Waals surface area contributed by atoms with Crippen molar-refractivity contribution in [3.8, 4) is 5.75 Å². The van der Waals surface area contributed by atoms with Gasteiger partial charge in [-0.1, -0.05) is 19.9 Å². The van der Waals surface area contributed by atoms with Crippen molar-refractivity contribution in [1.29, 1.82) is 0 Å². The van der Waals surface area contributed by atoms with Gasteiger partial charge in [0.25, 0.3) is 0 Å². The van der Waals surface area contributed by atoms with Crippen molar-refractivity contribution in [3.63, 3.8) is 0 Å². The van der Waals surface area contributed by atoms with Gasteiger partial charge in [-0.05, 0) is 42.5 Å². The van der Waals surface area contributed by atoms with Crippen LogP contribution in [0.1, 0.15) is 37.4 Å². The lowest BCUT2D eigenvalue weighted by molar-refractivity contribution is 0.414. The quantitative estimate of drug-likeness (QED) is 0.823. The van der Waals surface area contributed by atoms with Crippen LogP contribution in [0, 0.1) is 12.8 Å². The van der Waals surface area contributed by atoms with Gasteiger partial charge in [0.15, 0.2) is 0 Å². The van der Waals surface area contributed by atoms with E-state index in [4.69, 9.17) is 10.5 Å². The van der Waals surface area contributed by atoms with Crippen molar-refractivity contribution in [1.82, 2.24) is 0 Å².